The van der Waals surface area contributed by atoms with Gasteiger partial charge in [0.15, 0.2) is 0 Å². The van der Waals surface area contributed by atoms with Crippen LogP contribution in [0.1, 0.15) is 40.5 Å². The second kappa shape index (κ2) is 6.49. The predicted octanol–water partition coefficient (Wildman–Crippen LogP) is 4.65. The summed E-state index contributed by atoms with van der Waals surface area (Å²) < 4.78 is 0. The third-order valence-corrected chi connectivity index (χ3v) is 5.10. The van der Waals surface area contributed by atoms with Gasteiger partial charge in [0.2, 0.25) is 5.91 Å². The molecule has 1 aromatic heterocycles. The van der Waals surface area contributed by atoms with E-state index in [1.165, 1.54) is 29.5 Å². The molecule has 1 heterocycles. The molecule has 3 rings (SSSR count). The molecule has 1 aliphatic carbocycles. The van der Waals surface area contributed by atoms with E-state index in [1.54, 1.807) is 17.4 Å². The van der Waals surface area contributed by atoms with Gasteiger partial charge in [-0.05, 0) is 61.3 Å². The molecular formula is C19H21NOS. The molecular weight excluding hydrogens is 290 g/mol. The highest BCUT2D eigenvalue weighted by Crippen LogP contribution is 2.41. The van der Waals surface area contributed by atoms with Crippen LogP contribution in [0.5, 0.6) is 0 Å². The van der Waals surface area contributed by atoms with E-state index in [0.29, 0.717) is 5.92 Å². The van der Waals surface area contributed by atoms with E-state index in [9.17, 15) is 4.79 Å². The summed E-state index contributed by atoms with van der Waals surface area (Å²) in [4.78, 5) is 13.4. The van der Waals surface area contributed by atoms with Crippen LogP contribution >= 0.6 is 11.3 Å². The van der Waals surface area contributed by atoms with Crippen molar-refractivity contribution >= 4 is 23.3 Å². The maximum absolute atomic E-state index is 12.2. The Balaban J connectivity index is 1.69. The Kier molecular flexibility index (Phi) is 4.44. The van der Waals surface area contributed by atoms with Gasteiger partial charge in [-0.15, -0.1) is 11.3 Å². The summed E-state index contributed by atoms with van der Waals surface area (Å²) in [5.41, 5.74) is 3.67. The Bertz CT molecular complexity index is 680. The van der Waals surface area contributed by atoms with Crippen LogP contribution in [-0.2, 0) is 4.79 Å². The minimum Gasteiger partial charge on any atom is -0.345 e. The average molecular weight is 311 g/mol. The van der Waals surface area contributed by atoms with Crippen molar-refractivity contribution in [2.75, 3.05) is 0 Å². The van der Waals surface area contributed by atoms with Gasteiger partial charge in [0.05, 0.1) is 6.04 Å². The van der Waals surface area contributed by atoms with Gasteiger partial charge >= 0.3 is 0 Å². The molecule has 3 heteroatoms. The van der Waals surface area contributed by atoms with Crippen LogP contribution in [0.2, 0.25) is 0 Å². The van der Waals surface area contributed by atoms with Gasteiger partial charge < -0.3 is 5.32 Å². The lowest BCUT2D eigenvalue weighted by atomic mass is 10.0. The maximum Gasteiger partial charge on any atom is 0.244 e. The van der Waals surface area contributed by atoms with Crippen molar-refractivity contribution in [3.63, 3.8) is 0 Å². The monoisotopic (exact) mass is 311 g/mol. The number of hydrogen-bond acceptors (Lipinski definition) is 2. The Morgan fingerprint density at radius 2 is 1.95 bits per heavy atom. The second-order valence-electron chi connectivity index (χ2n) is 6.04. The lowest BCUT2D eigenvalue weighted by Gasteiger charge is -2.18. The highest BCUT2D eigenvalue weighted by atomic mass is 32.1. The molecule has 0 bridgehead atoms. The zero-order chi connectivity index (χ0) is 15.5. The molecule has 2 aromatic rings. The summed E-state index contributed by atoms with van der Waals surface area (Å²) >= 11 is 1.66. The number of rotatable bonds is 5. The normalized spacial score (nSPS) is 15.9. The summed E-state index contributed by atoms with van der Waals surface area (Å²) in [6, 6.07) is 10.7. The van der Waals surface area contributed by atoms with E-state index >= 15 is 0 Å². The summed E-state index contributed by atoms with van der Waals surface area (Å²) in [6.45, 7) is 4.15. The number of carbonyl (C=O) groups excluding carboxylic acids is 1. The van der Waals surface area contributed by atoms with Crippen LogP contribution in [0, 0.1) is 19.8 Å². The van der Waals surface area contributed by atoms with Gasteiger partial charge in [0, 0.05) is 11.0 Å². The van der Waals surface area contributed by atoms with E-state index in [-0.39, 0.29) is 11.9 Å². The van der Waals surface area contributed by atoms with Crippen LogP contribution in [0.25, 0.3) is 6.08 Å². The van der Waals surface area contributed by atoms with E-state index in [4.69, 9.17) is 0 Å². The Hall–Kier alpha value is -1.87. The Morgan fingerprint density at radius 1 is 1.23 bits per heavy atom. The predicted molar refractivity (Wildman–Crippen MR) is 92.9 cm³/mol. The summed E-state index contributed by atoms with van der Waals surface area (Å²) in [7, 11) is 0. The van der Waals surface area contributed by atoms with Crippen LogP contribution in [0.4, 0.5) is 0 Å². The largest absolute Gasteiger partial charge is 0.345 e. The molecule has 1 unspecified atom stereocenters. The smallest absolute Gasteiger partial charge is 0.244 e. The first-order chi connectivity index (χ1) is 10.6. The molecule has 0 radical (unpaired) electrons. The van der Waals surface area contributed by atoms with Crippen molar-refractivity contribution in [1.82, 2.24) is 5.32 Å². The van der Waals surface area contributed by atoms with E-state index < -0.39 is 0 Å². The Labute approximate surface area is 135 Å². The fourth-order valence-corrected chi connectivity index (χ4v) is 3.40. The van der Waals surface area contributed by atoms with Crippen molar-refractivity contribution < 1.29 is 4.79 Å². The number of aryl methyl sites for hydroxylation is 2. The number of nitrogens with one attached hydrogen (secondary N) is 1. The van der Waals surface area contributed by atoms with Gasteiger partial charge in [-0.3, -0.25) is 4.79 Å². The van der Waals surface area contributed by atoms with E-state index in [2.05, 4.69) is 49.5 Å². The highest BCUT2D eigenvalue weighted by molar-refractivity contribution is 7.11. The van der Waals surface area contributed by atoms with Gasteiger partial charge in [-0.1, -0.05) is 29.8 Å². The zero-order valence-electron chi connectivity index (χ0n) is 13.0. The lowest BCUT2D eigenvalue weighted by Crippen LogP contribution is -2.28. The lowest BCUT2D eigenvalue weighted by molar-refractivity contribution is -0.117. The summed E-state index contributed by atoms with van der Waals surface area (Å²) in [5.74, 6) is 0.578. The second-order valence-corrected chi connectivity index (χ2v) is 6.98. The molecule has 1 N–H and O–H groups in total. The molecule has 114 valence electrons. The van der Waals surface area contributed by atoms with Crippen molar-refractivity contribution in [3.05, 3.63) is 63.4 Å². The number of thiophene rings is 1. The number of hydrogen-bond donors (Lipinski definition) is 1. The molecule has 0 spiro atoms. The molecule has 0 aliphatic heterocycles. The summed E-state index contributed by atoms with van der Waals surface area (Å²) in [5, 5.41) is 5.22. The minimum absolute atomic E-state index is 0.00900. The maximum atomic E-state index is 12.2. The van der Waals surface area contributed by atoms with E-state index in [0.717, 1.165) is 4.88 Å². The van der Waals surface area contributed by atoms with Crippen LogP contribution in [0.15, 0.2) is 41.8 Å². The van der Waals surface area contributed by atoms with Gasteiger partial charge in [0.25, 0.3) is 0 Å². The third-order valence-electron chi connectivity index (χ3n) is 4.12. The fourth-order valence-electron chi connectivity index (χ4n) is 2.58. The number of benzene rings is 1. The van der Waals surface area contributed by atoms with Crippen LogP contribution in [-0.4, -0.2) is 5.91 Å². The van der Waals surface area contributed by atoms with Crippen molar-refractivity contribution in [1.29, 1.82) is 0 Å². The first-order valence-corrected chi connectivity index (χ1v) is 8.60. The number of carbonyl (C=O) groups is 1. The third kappa shape index (κ3) is 3.66. The van der Waals surface area contributed by atoms with Gasteiger partial charge in [-0.25, -0.2) is 0 Å². The Morgan fingerprint density at radius 3 is 2.55 bits per heavy atom. The average Bonchev–Trinajstić information content (AvgIpc) is 3.26. The molecule has 1 aromatic carbocycles. The molecule has 1 amide bonds. The highest BCUT2D eigenvalue weighted by Gasteiger charge is 2.32. The standard InChI is InChI=1S/C19H21NOS/c1-13-3-5-15(6-4-13)19(16-7-8-16)20-18(21)10-9-17-14(2)11-12-22-17/h3-6,9-12,16,19H,7-8H2,1-2H3,(H,20,21)/b10-9+. The first-order valence-electron chi connectivity index (χ1n) is 7.73. The molecule has 22 heavy (non-hydrogen) atoms. The van der Waals surface area contributed by atoms with Gasteiger partial charge in [0.1, 0.15) is 0 Å². The molecule has 1 saturated carbocycles. The molecule has 1 atom stereocenters. The molecule has 0 saturated heterocycles. The molecule has 2 nitrogen and oxygen atoms in total. The molecule has 1 fully saturated rings. The topological polar surface area (TPSA) is 29.1 Å². The van der Waals surface area contributed by atoms with Gasteiger partial charge in [-0.2, -0.15) is 0 Å². The SMILES string of the molecule is Cc1ccc(C(NC(=O)/C=C/c2sccc2C)C2CC2)cc1. The van der Waals surface area contributed by atoms with Crippen LogP contribution in [0.3, 0.4) is 0 Å². The minimum atomic E-state index is -0.00900. The molecule has 1 aliphatic rings. The first kappa shape index (κ1) is 15.0. The zero-order valence-corrected chi connectivity index (χ0v) is 13.8. The quantitative estimate of drug-likeness (QED) is 0.800. The van der Waals surface area contributed by atoms with Crippen LogP contribution < -0.4 is 5.32 Å². The van der Waals surface area contributed by atoms with Crippen molar-refractivity contribution in [2.45, 2.75) is 32.7 Å². The summed E-state index contributed by atoms with van der Waals surface area (Å²) in [6.07, 6.45) is 5.97. The van der Waals surface area contributed by atoms with Crippen molar-refractivity contribution in [3.8, 4) is 0 Å². The van der Waals surface area contributed by atoms with Crippen molar-refractivity contribution in [2.24, 2.45) is 5.92 Å². The number of amides is 1. The fraction of sp³-hybridized carbons (Fsp3) is 0.316. The van der Waals surface area contributed by atoms with E-state index in [1.807, 2.05) is 11.5 Å².